The van der Waals surface area contributed by atoms with E-state index in [1.54, 1.807) is 20.8 Å². The molecule has 1 aliphatic heterocycles. The fraction of sp³-hybridized carbons (Fsp3) is 0.628. The maximum Gasteiger partial charge on any atom is 0.336 e. The summed E-state index contributed by atoms with van der Waals surface area (Å²) in [5.74, 6) is -7.17. The van der Waals surface area contributed by atoms with Crippen LogP contribution in [0.5, 0.6) is 0 Å². The minimum absolute atomic E-state index is 0.00458. The fourth-order valence-electron chi connectivity index (χ4n) is 8.42. The number of aromatic carboxylic acids is 1. The summed E-state index contributed by atoms with van der Waals surface area (Å²) < 4.78 is 10.3. The highest BCUT2D eigenvalue weighted by Gasteiger charge is 2.44. The summed E-state index contributed by atoms with van der Waals surface area (Å²) >= 11 is 0. The Kier molecular flexibility index (Phi) is 18.1. The molecule has 7 N–H and O–H groups in total. The van der Waals surface area contributed by atoms with E-state index < -0.39 is 105 Å². The molecule has 0 unspecified atom stereocenters. The highest BCUT2D eigenvalue weighted by Crippen LogP contribution is 2.30. The number of carboxylic acid groups (broad SMARTS) is 1. The topological polar surface area (TPSA) is 296 Å². The van der Waals surface area contributed by atoms with Gasteiger partial charge in [-0.05, 0) is 61.8 Å². The molecule has 3 fully saturated rings. The first-order valence-electron chi connectivity index (χ1n) is 21.5. The number of hydrogen-bond acceptors (Lipinski definition) is 12. The van der Waals surface area contributed by atoms with E-state index in [-0.39, 0.29) is 44.4 Å². The Balaban J connectivity index is 1.60. The molecule has 5 atom stereocenters. The van der Waals surface area contributed by atoms with Crippen LogP contribution in [0.3, 0.4) is 0 Å². The van der Waals surface area contributed by atoms with Crippen molar-refractivity contribution in [1.29, 1.82) is 0 Å². The van der Waals surface area contributed by atoms with Crippen molar-refractivity contribution in [3.63, 3.8) is 0 Å². The lowest BCUT2D eigenvalue weighted by molar-refractivity contribution is -0.384. The number of esters is 1. The predicted molar refractivity (Wildman–Crippen MR) is 226 cm³/mol. The lowest BCUT2D eigenvalue weighted by atomic mass is 9.81. The zero-order valence-corrected chi connectivity index (χ0v) is 36.4. The second-order valence-electron chi connectivity index (χ2n) is 17.4. The smallest absolute Gasteiger partial charge is 0.336 e. The Morgan fingerprint density at radius 1 is 0.905 bits per heavy atom. The van der Waals surface area contributed by atoms with Crippen LogP contribution in [-0.4, -0.2) is 119 Å². The largest absolute Gasteiger partial charge is 0.478 e. The van der Waals surface area contributed by atoms with Crippen LogP contribution < -0.4 is 27.0 Å². The Hall–Kier alpha value is -5.92. The molecule has 63 heavy (non-hydrogen) atoms. The van der Waals surface area contributed by atoms with Crippen LogP contribution in [0.25, 0.3) is 0 Å². The molecule has 6 amide bonds. The van der Waals surface area contributed by atoms with E-state index in [1.807, 2.05) is 0 Å². The zero-order chi connectivity index (χ0) is 46.4. The Morgan fingerprint density at radius 2 is 1.52 bits per heavy atom. The van der Waals surface area contributed by atoms with Crippen LogP contribution >= 0.6 is 0 Å². The van der Waals surface area contributed by atoms with Crippen molar-refractivity contribution in [1.82, 2.24) is 26.2 Å². The number of allylic oxidation sites excluding steroid dienone is 1. The number of nitrogens with one attached hydrogen (secondary N) is 4. The average Bonchev–Trinajstić information content (AvgIpc) is 3.26. The van der Waals surface area contributed by atoms with Crippen molar-refractivity contribution < 1.29 is 57.9 Å². The van der Waals surface area contributed by atoms with E-state index in [9.17, 15) is 53.6 Å². The third kappa shape index (κ3) is 13.8. The maximum atomic E-state index is 14.6. The van der Waals surface area contributed by atoms with Crippen LogP contribution in [0.2, 0.25) is 0 Å². The lowest BCUT2D eigenvalue weighted by Crippen LogP contribution is -2.65. The molecule has 4 rings (SSSR count). The number of rotatable bonds is 18. The van der Waals surface area contributed by atoms with Gasteiger partial charge in [0.2, 0.25) is 29.5 Å². The van der Waals surface area contributed by atoms with E-state index in [2.05, 4.69) is 26.0 Å². The minimum atomic E-state index is -1.56. The van der Waals surface area contributed by atoms with Crippen molar-refractivity contribution in [2.75, 3.05) is 26.9 Å². The SMILES string of the molecule is COC(=O)/C=C/CC[C@H](NC(=O)c1cc([N+](=O)[O-])ccc1C(=O)O)C(=O)N[C@H](C(=O)N1CCOC[C@H]1C(=O)N[C@H](C(=O)N[C@H](C(N)=O)C1CCCCC1)C1CCCCC1)C(C)(C)C. The molecule has 20 nitrogen and oxygen atoms in total. The van der Waals surface area contributed by atoms with Crippen molar-refractivity contribution in [3.8, 4) is 0 Å². The minimum Gasteiger partial charge on any atom is -0.478 e. The van der Waals surface area contributed by atoms with Crippen LogP contribution in [0.15, 0.2) is 30.4 Å². The van der Waals surface area contributed by atoms with Crippen molar-refractivity contribution >= 4 is 53.1 Å². The van der Waals surface area contributed by atoms with Crippen LogP contribution in [-0.2, 0) is 38.2 Å². The number of morpholine rings is 1. The fourth-order valence-corrected chi connectivity index (χ4v) is 8.42. The third-order valence-corrected chi connectivity index (χ3v) is 11.9. The summed E-state index contributed by atoms with van der Waals surface area (Å²) in [5.41, 5.74) is 3.04. The maximum absolute atomic E-state index is 14.6. The molecular weight excluding hydrogens is 823 g/mol. The van der Waals surface area contributed by atoms with Gasteiger partial charge in [0.1, 0.15) is 30.2 Å². The molecule has 1 saturated heterocycles. The first-order chi connectivity index (χ1) is 29.8. The number of nitrogens with zero attached hydrogens (tertiary/aromatic N) is 2. The van der Waals surface area contributed by atoms with E-state index in [0.717, 1.165) is 75.6 Å². The molecule has 346 valence electrons. The number of carboxylic acids is 1. The van der Waals surface area contributed by atoms with E-state index in [4.69, 9.17) is 10.5 Å². The van der Waals surface area contributed by atoms with Gasteiger partial charge in [-0.2, -0.15) is 0 Å². The van der Waals surface area contributed by atoms with Crippen molar-refractivity contribution in [2.45, 2.75) is 128 Å². The second-order valence-corrected chi connectivity index (χ2v) is 17.4. The van der Waals surface area contributed by atoms with E-state index in [0.29, 0.717) is 12.8 Å². The van der Waals surface area contributed by atoms with Crippen LogP contribution in [0.4, 0.5) is 5.69 Å². The van der Waals surface area contributed by atoms with Gasteiger partial charge in [-0.3, -0.25) is 38.9 Å². The summed E-state index contributed by atoms with van der Waals surface area (Å²) in [7, 11) is 1.17. The Morgan fingerprint density at radius 3 is 2.08 bits per heavy atom. The summed E-state index contributed by atoms with van der Waals surface area (Å²) in [6.45, 7) is 4.78. The molecule has 2 aliphatic carbocycles. The van der Waals surface area contributed by atoms with Crippen LogP contribution in [0.1, 0.15) is 119 Å². The quantitative estimate of drug-likeness (QED) is 0.0535. The summed E-state index contributed by atoms with van der Waals surface area (Å²) in [4.78, 5) is 119. The second kappa shape index (κ2) is 23.0. The van der Waals surface area contributed by atoms with E-state index in [1.165, 1.54) is 18.1 Å². The van der Waals surface area contributed by atoms with Gasteiger partial charge in [-0.15, -0.1) is 0 Å². The molecular formula is C43H61N7O13. The van der Waals surface area contributed by atoms with Crippen molar-refractivity contribution in [2.24, 2.45) is 23.0 Å². The summed E-state index contributed by atoms with van der Waals surface area (Å²) in [6, 6.07) is -3.41. The van der Waals surface area contributed by atoms with Gasteiger partial charge in [0.05, 0.1) is 36.4 Å². The number of benzene rings is 1. The number of methoxy groups -OCH3 is 1. The lowest BCUT2D eigenvalue weighted by Gasteiger charge is -2.41. The van der Waals surface area contributed by atoms with Crippen molar-refractivity contribution in [3.05, 3.63) is 51.6 Å². The number of carbonyl (C=O) groups is 8. The number of hydrogen-bond donors (Lipinski definition) is 6. The van der Waals surface area contributed by atoms with Gasteiger partial charge < -0.3 is 46.5 Å². The molecule has 3 aliphatic rings. The molecule has 0 aromatic heterocycles. The number of carbonyl (C=O) groups excluding carboxylic acids is 7. The normalized spacial score (nSPS) is 19.4. The average molecular weight is 884 g/mol. The monoisotopic (exact) mass is 883 g/mol. The Bertz CT molecular complexity index is 1900. The number of nitrogens with two attached hydrogens (primary N) is 1. The van der Waals surface area contributed by atoms with E-state index >= 15 is 0 Å². The van der Waals surface area contributed by atoms with Crippen LogP contribution in [0, 0.1) is 27.4 Å². The van der Waals surface area contributed by atoms with Gasteiger partial charge >= 0.3 is 11.9 Å². The standard InChI is InChI=1S/C43H61N7O13/c1-43(2,3)35(48-38(54)30(17-11-12-18-32(51)62-4)45-37(53)29-23-27(50(60)61)19-20-28(29)42(58)59)41(57)49-21-22-63-24-31(49)39(55)47-34(26-15-9-6-10-16-26)40(56)46-33(36(44)52)25-13-7-5-8-14-25/h12,18-20,23,25-26,30-31,33-35H,5-11,13-17,21-22,24H2,1-4H3,(H2,44,52)(H,45,53)(H,46,56)(H,47,55)(H,48,54)(H,58,59)/b18-12+/t30-,31-,33-,34-,35+/m0/s1. The summed E-state index contributed by atoms with van der Waals surface area (Å²) in [6.07, 6.45) is 10.6. The van der Waals surface area contributed by atoms with Gasteiger partial charge in [0.15, 0.2) is 0 Å². The number of nitro benzene ring substituents is 1. The highest BCUT2D eigenvalue weighted by atomic mass is 16.6. The molecule has 0 bridgehead atoms. The molecule has 1 heterocycles. The number of primary amides is 1. The number of nitro groups is 1. The number of non-ortho nitro benzene ring substituents is 1. The van der Waals surface area contributed by atoms with Gasteiger partial charge in [0, 0.05) is 24.8 Å². The molecule has 2 saturated carbocycles. The molecule has 20 heteroatoms. The highest BCUT2D eigenvalue weighted by molar-refractivity contribution is 6.07. The molecule has 1 aromatic carbocycles. The van der Waals surface area contributed by atoms with Gasteiger partial charge in [-0.1, -0.05) is 65.4 Å². The van der Waals surface area contributed by atoms with Gasteiger partial charge in [-0.25, -0.2) is 9.59 Å². The number of ether oxygens (including phenoxy) is 2. The molecule has 1 aromatic rings. The van der Waals surface area contributed by atoms with Gasteiger partial charge in [0.25, 0.3) is 11.6 Å². The first-order valence-corrected chi connectivity index (χ1v) is 21.5. The number of amides is 6. The third-order valence-electron chi connectivity index (χ3n) is 11.9. The zero-order valence-electron chi connectivity index (χ0n) is 36.4. The molecule has 0 radical (unpaired) electrons. The molecule has 0 spiro atoms. The summed E-state index contributed by atoms with van der Waals surface area (Å²) in [5, 5.41) is 32.1. The first kappa shape index (κ1) is 49.7. The predicted octanol–water partition coefficient (Wildman–Crippen LogP) is 2.27. The Labute approximate surface area is 365 Å².